The number of esters is 1. The monoisotopic (exact) mass is 458 g/mol. The fourth-order valence-corrected chi connectivity index (χ4v) is 3.35. The molecule has 1 atom stereocenters. The van der Waals surface area contributed by atoms with Gasteiger partial charge in [-0.25, -0.2) is 9.59 Å². The molecule has 7 nitrogen and oxygen atoms in total. The second-order valence-electron chi connectivity index (χ2n) is 6.14. The fourth-order valence-electron chi connectivity index (χ4n) is 2.97. The van der Waals surface area contributed by atoms with Crippen molar-refractivity contribution in [2.75, 3.05) is 13.2 Å². The molecule has 1 heterocycles. The van der Waals surface area contributed by atoms with Gasteiger partial charge < -0.3 is 20.1 Å². The van der Waals surface area contributed by atoms with Gasteiger partial charge in [-0.3, -0.25) is 4.79 Å². The number of hydrogen-bond acceptors (Lipinski definition) is 5. The molecule has 2 amide bonds. The lowest BCUT2D eigenvalue weighted by atomic mass is 9.95. The first kappa shape index (κ1) is 20.6. The summed E-state index contributed by atoms with van der Waals surface area (Å²) in [5, 5.41) is 5.38. The Balaban J connectivity index is 1.97. The molecular formula is C21H19BrN2O5. The van der Waals surface area contributed by atoms with Gasteiger partial charge in [0.15, 0.2) is 6.29 Å². The highest BCUT2D eigenvalue weighted by atomic mass is 79.9. The van der Waals surface area contributed by atoms with Crippen molar-refractivity contribution >= 4 is 34.2 Å². The second kappa shape index (κ2) is 9.38. The van der Waals surface area contributed by atoms with Gasteiger partial charge in [0.05, 0.1) is 29.5 Å². The maximum Gasteiger partial charge on any atom is 0.338 e. The van der Waals surface area contributed by atoms with E-state index in [0.29, 0.717) is 17.6 Å². The van der Waals surface area contributed by atoms with E-state index in [0.717, 1.165) is 10.0 Å². The van der Waals surface area contributed by atoms with Crippen LogP contribution in [0.4, 0.5) is 4.79 Å². The van der Waals surface area contributed by atoms with Crippen LogP contribution in [0, 0.1) is 0 Å². The minimum absolute atomic E-state index is 0.118. The molecule has 2 aromatic rings. The second-order valence-corrected chi connectivity index (χ2v) is 7.06. The van der Waals surface area contributed by atoms with E-state index in [4.69, 9.17) is 9.47 Å². The first-order valence-corrected chi connectivity index (χ1v) is 9.73. The zero-order valence-corrected chi connectivity index (χ0v) is 17.2. The van der Waals surface area contributed by atoms with Crippen molar-refractivity contribution in [3.05, 3.63) is 75.4 Å². The summed E-state index contributed by atoms with van der Waals surface area (Å²) in [6.45, 7) is 1.78. The molecule has 0 saturated carbocycles. The first-order chi connectivity index (χ1) is 14.0. The predicted molar refractivity (Wildman–Crippen MR) is 110 cm³/mol. The van der Waals surface area contributed by atoms with Crippen LogP contribution in [0.1, 0.15) is 28.9 Å². The summed E-state index contributed by atoms with van der Waals surface area (Å²) in [5.74, 6) is -0.221. The van der Waals surface area contributed by atoms with E-state index in [9.17, 15) is 14.4 Å². The summed E-state index contributed by atoms with van der Waals surface area (Å²) < 4.78 is 11.7. The number of aldehydes is 1. The lowest BCUT2D eigenvalue weighted by Crippen LogP contribution is -2.47. The molecule has 1 unspecified atom stereocenters. The van der Waals surface area contributed by atoms with Crippen molar-refractivity contribution in [3.8, 4) is 5.75 Å². The van der Waals surface area contributed by atoms with Crippen LogP contribution in [-0.4, -0.2) is 31.5 Å². The number of carbonyl (C=O) groups is 3. The number of halogens is 1. The molecular weight excluding hydrogens is 440 g/mol. The highest BCUT2D eigenvalue weighted by molar-refractivity contribution is 9.10. The van der Waals surface area contributed by atoms with Crippen LogP contribution in [0.2, 0.25) is 0 Å². The Hall–Kier alpha value is -3.13. The van der Waals surface area contributed by atoms with Crippen molar-refractivity contribution < 1.29 is 23.9 Å². The van der Waals surface area contributed by atoms with Gasteiger partial charge in [-0.2, -0.15) is 0 Å². The van der Waals surface area contributed by atoms with E-state index < -0.39 is 18.0 Å². The minimum Gasteiger partial charge on any atom is -0.487 e. The van der Waals surface area contributed by atoms with Crippen molar-refractivity contribution in [3.63, 3.8) is 0 Å². The third kappa shape index (κ3) is 4.83. The molecule has 0 aromatic heterocycles. The zero-order valence-electron chi connectivity index (χ0n) is 15.6. The molecule has 0 radical (unpaired) electrons. The van der Waals surface area contributed by atoms with Gasteiger partial charge in [0.1, 0.15) is 12.4 Å². The average molecular weight is 459 g/mol. The maximum absolute atomic E-state index is 12.7. The average Bonchev–Trinajstić information content (AvgIpc) is 2.73. The lowest BCUT2D eigenvalue weighted by molar-refractivity contribution is -0.139. The summed E-state index contributed by atoms with van der Waals surface area (Å²) in [5.41, 5.74) is 1.61. The van der Waals surface area contributed by atoms with Crippen molar-refractivity contribution in [1.82, 2.24) is 10.6 Å². The Morgan fingerprint density at radius 2 is 1.97 bits per heavy atom. The standard InChI is InChI=1S/C21H19BrN2O5/c1-2-28-20(26)18-16(12-29-17-9-8-15(22)10-14(17)11-25)23-21(27)24-19(18)13-6-4-3-5-7-13/h3-11,19H,2,12H2,1H3,(H2,23,24,27). The van der Waals surface area contributed by atoms with Crippen LogP contribution in [0.5, 0.6) is 5.75 Å². The van der Waals surface area contributed by atoms with Gasteiger partial charge in [-0.05, 0) is 30.7 Å². The van der Waals surface area contributed by atoms with E-state index in [1.165, 1.54) is 0 Å². The number of amides is 2. The van der Waals surface area contributed by atoms with E-state index in [1.54, 1.807) is 25.1 Å². The topological polar surface area (TPSA) is 93.7 Å². The highest BCUT2D eigenvalue weighted by Gasteiger charge is 2.34. The third-order valence-corrected chi connectivity index (χ3v) is 4.75. The van der Waals surface area contributed by atoms with E-state index in [-0.39, 0.29) is 24.5 Å². The van der Waals surface area contributed by atoms with Crippen molar-refractivity contribution in [1.29, 1.82) is 0 Å². The molecule has 1 aliphatic heterocycles. The predicted octanol–water partition coefficient (Wildman–Crippen LogP) is 3.51. The number of rotatable bonds is 7. The summed E-state index contributed by atoms with van der Waals surface area (Å²) in [6.07, 6.45) is 0.675. The van der Waals surface area contributed by atoms with Gasteiger partial charge in [0.25, 0.3) is 0 Å². The van der Waals surface area contributed by atoms with E-state index in [2.05, 4.69) is 26.6 Å². The van der Waals surface area contributed by atoms with Crippen LogP contribution >= 0.6 is 15.9 Å². The van der Waals surface area contributed by atoms with Gasteiger partial charge in [0, 0.05) is 4.47 Å². The Labute approximate surface area is 176 Å². The summed E-state index contributed by atoms with van der Waals surface area (Å²) in [4.78, 5) is 36.2. The highest BCUT2D eigenvalue weighted by Crippen LogP contribution is 2.29. The van der Waals surface area contributed by atoms with Crippen LogP contribution in [0.3, 0.4) is 0 Å². The van der Waals surface area contributed by atoms with Gasteiger partial charge in [0.2, 0.25) is 0 Å². The molecule has 0 aliphatic carbocycles. The molecule has 8 heteroatoms. The summed E-state index contributed by atoms with van der Waals surface area (Å²) in [6, 6.07) is 13.0. The molecule has 3 rings (SSSR count). The minimum atomic E-state index is -0.682. The Morgan fingerprint density at radius 1 is 1.21 bits per heavy atom. The van der Waals surface area contributed by atoms with Gasteiger partial charge in [-0.1, -0.05) is 46.3 Å². The van der Waals surface area contributed by atoms with Crippen LogP contribution in [0.25, 0.3) is 0 Å². The molecule has 0 saturated heterocycles. The SMILES string of the molecule is CCOC(=O)C1=C(COc2ccc(Br)cc2C=O)NC(=O)NC1c1ccccc1. The Bertz CT molecular complexity index is 959. The number of hydrogen-bond donors (Lipinski definition) is 2. The first-order valence-electron chi connectivity index (χ1n) is 8.93. The molecule has 0 bridgehead atoms. The fraction of sp³-hybridized carbons (Fsp3) is 0.190. The summed E-state index contributed by atoms with van der Waals surface area (Å²) in [7, 11) is 0. The molecule has 2 N–H and O–H groups in total. The van der Waals surface area contributed by atoms with Gasteiger partial charge in [-0.15, -0.1) is 0 Å². The summed E-state index contributed by atoms with van der Waals surface area (Å²) >= 11 is 3.30. The smallest absolute Gasteiger partial charge is 0.338 e. The number of nitrogens with one attached hydrogen (secondary N) is 2. The Morgan fingerprint density at radius 3 is 2.66 bits per heavy atom. The maximum atomic E-state index is 12.7. The number of urea groups is 1. The number of benzene rings is 2. The number of ether oxygens (including phenoxy) is 2. The zero-order chi connectivity index (χ0) is 20.8. The molecule has 1 aliphatic rings. The lowest BCUT2D eigenvalue weighted by Gasteiger charge is -2.29. The number of carbonyl (C=O) groups excluding carboxylic acids is 3. The molecule has 29 heavy (non-hydrogen) atoms. The van der Waals surface area contributed by atoms with E-state index in [1.807, 2.05) is 30.3 Å². The molecule has 0 fully saturated rings. The van der Waals surface area contributed by atoms with Crippen molar-refractivity contribution in [2.45, 2.75) is 13.0 Å². The van der Waals surface area contributed by atoms with Crippen LogP contribution in [0.15, 0.2) is 64.3 Å². The van der Waals surface area contributed by atoms with Crippen LogP contribution < -0.4 is 15.4 Å². The Kier molecular flexibility index (Phi) is 6.66. The quantitative estimate of drug-likeness (QED) is 0.488. The largest absolute Gasteiger partial charge is 0.487 e. The van der Waals surface area contributed by atoms with Gasteiger partial charge >= 0.3 is 12.0 Å². The van der Waals surface area contributed by atoms with Crippen LogP contribution in [-0.2, 0) is 9.53 Å². The van der Waals surface area contributed by atoms with Crippen molar-refractivity contribution in [2.24, 2.45) is 0 Å². The normalized spacial score (nSPS) is 15.9. The van der Waals surface area contributed by atoms with E-state index >= 15 is 0 Å². The molecule has 0 spiro atoms. The third-order valence-electron chi connectivity index (χ3n) is 4.25. The molecule has 150 valence electrons. The molecule has 2 aromatic carbocycles.